The standard InChI is InChI=1S/C18H19FN2O2/c1-12-4-3-5-14(10-12)6-9-18(23)21-17-11-15(20-13(2)22)7-8-16(17)19/h3-5,7-8,10-11H,6,9H2,1-2H3,(H,20,22)(H,21,23). The summed E-state index contributed by atoms with van der Waals surface area (Å²) in [4.78, 5) is 23.0. The molecule has 23 heavy (non-hydrogen) atoms. The number of amides is 2. The highest BCUT2D eigenvalue weighted by atomic mass is 19.1. The number of hydrogen-bond donors (Lipinski definition) is 2. The summed E-state index contributed by atoms with van der Waals surface area (Å²) < 4.78 is 13.8. The molecule has 2 aromatic rings. The molecule has 2 aromatic carbocycles. The van der Waals surface area contributed by atoms with Crippen LogP contribution in [-0.2, 0) is 16.0 Å². The first-order chi connectivity index (χ1) is 10.9. The zero-order valence-electron chi connectivity index (χ0n) is 13.2. The van der Waals surface area contributed by atoms with Crippen LogP contribution in [0.25, 0.3) is 0 Å². The molecule has 0 radical (unpaired) electrons. The summed E-state index contributed by atoms with van der Waals surface area (Å²) in [6.07, 6.45) is 0.841. The van der Waals surface area contributed by atoms with Gasteiger partial charge in [0.25, 0.3) is 0 Å². The van der Waals surface area contributed by atoms with Gasteiger partial charge in [0, 0.05) is 19.0 Å². The summed E-state index contributed by atoms with van der Waals surface area (Å²) in [6.45, 7) is 3.36. The molecule has 0 aliphatic heterocycles. The topological polar surface area (TPSA) is 58.2 Å². The second-order valence-corrected chi connectivity index (χ2v) is 5.41. The fourth-order valence-electron chi connectivity index (χ4n) is 2.24. The Labute approximate surface area is 134 Å². The fourth-order valence-corrected chi connectivity index (χ4v) is 2.24. The summed E-state index contributed by atoms with van der Waals surface area (Å²) in [7, 11) is 0. The van der Waals surface area contributed by atoms with Gasteiger partial charge in [0.05, 0.1) is 5.69 Å². The lowest BCUT2D eigenvalue weighted by Gasteiger charge is -2.09. The first-order valence-electron chi connectivity index (χ1n) is 7.36. The number of anilines is 2. The maximum absolute atomic E-state index is 13.8. The summed E-state index contributed by atoms with van der Waals surface area (Å²) in [5, 5.41) is 5.10. The zero-order chi connectivity index (χ0) is 16.8. The lowest BCUT2D eigenvalue weighted by Crippen LogP contribution is -2.14. The van der Waals surface area contributed by atoms with Crippen molar-refractivity contribution in [3.05, 3.63) is 59.4 Å². The fraction of sp³-hybridized carbons (Fsp3) is 0.222. The molecule has 0 fully saturated rings. The molecule has 2 amide bonds. The van der Waals surface area contributed by atoms with Crippen LogP contribution in [0.15, 0.2) is 42.5 Å². The van der Waals surface area contributed by atoms with Crippen LogP contribution in [-0.4, -0.2) is 11.8 Å². The highest BCUT2D eigenvalue weighted by Gasteiger charge is 2.09. The first-order valence-corrected chi connectivity index (χ1v) is 7.36. The van der Waals surface area contributed by atoms with Crippen LogP contribution in [0, 0.1) is 12.7 Å². The second-order valence-electron chi connectivity index (χ2n) is 5.41. The van der Waals surface area contributed by atoms with Crippen LogP contribution in [0.2, 0.25) is 0 Å². The average molecular weight is 314 g/mol. The third-order valence-electron chi connectivity index (χ3n) is 3.28. The number of hydrogen-bond acceptors (Lipinski definition) is 2. The molecule has 0 atom stereocenters. The van der Waals surface area contributed by atoms with Gasteiger partial charge in [-0.25, -0.2) is 4.39 Å². The van der Waals surface area contributed by atoms with Gasteiger partial charge >= 0.3 is 0 Å². The SMILES string of the molecule is CC(=O)Nc1ccc(F)c(NC(=O)CCc2cccc(C)c2)c1. The van der Waals surface area contributed by atoms with Gasteiger partial charge in [-0.2, -0.15) is 0 Å². The van der Waals surface area contributed by atoms with Crippen molar-refractivity contribution in [1.82, 2.24) is 0 Å². The minimum absolute atomic E-state index is 0.0606. The quantitative estimate of drug-likeness (QED) is 0.885. The zero-order valence-corrected chi connectivity index (χ0v) is 13.2. The van der Waals surface area contributed by atoms with Gasteiger partial charge in [0.1, 0.15) is 5.82 Å². The molecule has 4 nitrogen and oxygen atoms in total. The van der Waals surface area contributed by atoms with E-state index in [2.05, 4.69) is 10.6 Å². The van der Waals surface area contributed by atoms with E-state index in [0.29, 0.717) is 12.1 Å². The van der Waals surface area contributed by atoms with Gasteiger partial charge in [0.2, 0.25) is 11.8 Å². The number of benzene rings is 2. The molecule has 0 bridgehead atoms. The number of aryl methyl sites for hydroxylation is 2. The molecule has 0 aromatic heterocycles. The Hall–Kier alpha value is -2.69. The van der Waals surface area contributed by atoms with Crippen molar-refractivity contribution in [3.8, 4) is 0 Å². The van der Waals surface area contributed by atoms with E-state index in [0.717, 1.165) is 11.1 Å². The molecule has 0 heterocycles. The Morgan fingerprint density at radius 3 is 2.57 bits per heavy atom. The van der Waals surface area contributed by atoms with Crippen molar-refractivity contribution < 1.29 is 14.0 Å². The number of carbonyl (C=O) groups is 2. The van der Waals surface area contributed by atoms with Crippen LogP contribution in [0.3, 0.4) is 0 Å². The Morgan fingerprint density at radius 1 is 1.09 bits per heavy atom. The van der Waals surface area contributed by atoms with Crippen molar-refractivity contribution in [3.63, 3.8) is 0 Å². The van der Waals surface area contributed by atoms with Crippen LogP contribution >= 0.6 is 0 Å². The largest absolute Gasteiger partial charge is 0.326 e. The predicted octanol–water partition coefficient (Wildman–Crippen LogP) is 3.66. The number of rotatable bonds is 5. The van der Waals surface area contributed by atoms with Crippen molar-refractivity contribution in [2.75, 3.05) is 10.6 Å². The lowest BCUT2D eigenvalue weighted by molar-refractivity contribution is -0.116. The van der Waals surface area contributed by atoms with E-state index in [1.807, 2.05) is 31.2 Å². The van der Waals surface area contributed by atoms with E-state index < -0.39 is 5.82 Å². The van der Waals surface area contributed by atoms with Crippen LogP contribution in [0.5, 0.6) is 0 Å². The minimum Gasteiger partial charge on any atom is -0.326 e. The molecule has 0 aliphatic rings. The molecule has 0 saturated heterocycles. The van der Waals surface area contributed by atoms with Crippen molar-refractivity contribution in [2.45, 2.75) is 26.7 Å². The smallest absolute Gasteiger partial charge is 0.224 e. The molecule has 0 aliphatic carbocycles. The molecule has 0 spiro atoms. The number of carbonyl (C=O) groups excluding carboxylic acids is 2. The molecule has 120 valence electrons. The van der Waals surface area contributed by atoms with Crippen LogP contribution in [0.1, 0.15) is 24.5 Å². The van der Waals surface area contributed by atoms with E-state index in [1.165, 1.54) is 25.1 Å². The van der Waals surface area contributed by atoms with Crippen molar-refractivity contribution in [2.24, 2.45) is 0 Å². The third kappa shape index (κ3) is 5.21. The summed E-state index contributed by atoms with van der Waals surface area (Å²) in [5.41, 5.74) is 2.70. The maximum atomic E-state index is 13.8. The van der Waals surface area contributed by atoms with Crippen molar-refractivity contribution >= 4 is 23.2 Å². The Morgan fingerprint density at radius 2 is 1.87 bits per heavy atom. The van der Waals surface area contributed by atoms with Gasteiger partial charge in [-0.3, -0.25) is 9.59 Å². The van der Waals surface area contributed by atoms with E-state index in [9.17, 15) is 14.0 Å². The minimum atomic E-state index is -0.539. The highest BCUT2D eigenvalue weighted by molar-refractivity contribution is 5.93. The molecular formula is C18H19FN2O2. The molecule has 0 saturated carbocycles. The van der Waals surface area contributed by atoms with Gasteiger partial charge in [0.15, 0.2) is 0 Å². The van der Waals surface area contributed by atoms with Gasteiger partial charge in [-0.15, -0.1) is 0 Å². The second kappa shape index (κ2) is 7.54. The number of nitrogens with one attached hydrogen (secondary N) is 2. The summed E-state index contributed by atoms with van der Waals surface area (Å²) in [6, 6.07) is 12.0. The van der Waals surface area contributed by atoms with Crippen LogP contribution < -0.4 is 10.6 Å². The average Bonchev–Trinajstić information content (AvgIpc) is 2.48. The molecule has 2 N–H and O–H groups in total. The first kappa shape index (κ1) is 16.7. The molecule has 5 heteroatoms. The van der Waals surface area contributed by atoms with Crippen LogP contribution in [0.4, 0.5) is 15.8 Å². The predicted molar refractivity (Wildman–Crippen MR) is 88.8 cm³/mol. The maximum Gasteiger partial charge on any atom is 0.224 e. The Balaban J connectivity index is 1.98. The molecule has 0 unspecified atom stereocenters. The van der Waals surface area contributed by atoms with E-state index >= 15 is 0 Å². The van der Waals surface area contributed by atoms with Gasteiger partial charge in [-0.1, -0.05) is 29.8 Å². The number of halogens is 1. The summed E-state index contributed by atoms with van der Waals surface area (Å²) in [5.74, 6) is -1.07. The van der Waals surface area contributed by atoms with E-state index in [4.69, 9.17) is 0 Å². The van der Waals surface area contributed by atoms with Gasteiger partial charge < -0.3 is 10.6 Å². The third-order valence-corrected chi connectivity index (χ3v) is 3.28. The summed E-state index contributed by atoms with van der Waals surface area (Å²) >= 11 is 0. The van der Waals surface area contributed by atoms with Gasteiger partial charge in [-0.05, 0) is 37.1 Å². The van der Waals surface area contributed by atoms with E-state index in [1.54, 1.807) is 0 Å². The molecular weight excluding hydrogens is 295 g/mol. The molecule has 2 rings (SSSR count). The normalized spacial score (nSPS) is 10.2. The lowest BCUT2D eigenvalue weighted by atomic mass is 10.1. The van der Waals surface area contributed by atoms with Crippen molar-refractivity contribution in [1.29, 1.82) is 0 Å². The van der Waals surface area contributed by atoms with E-state index in [-0.39, 0.29) is 23.9 Å². The highest BCUT2D eigenvalue weighted by Crippen LogP contribution is 2.20. The Bertz CT molecular complexity index is 729. The Kier molecular flexibility index (Phi) is 5.46. The monoisotopic (exact) mass is 314 g/mol.